The highest BCUT2D eigenvalue weighted by molar-refractivity contribution is 7.89. The molecule has 0 saturated heterocycles. The molecule has 1 aliphatic rings. The molecule has 27 heavy (non-hydrogen) atoms. The van der Waals surface area contributed by atoms with E-state index in [4.69, 9.17) is 0 Å². The number of nitrogens with one attached hydrogen (secondary N) is 3. The van der Waals surface area contributed by atoms with E-state index < -0.39 is 10.0 Å². The SMILES string of the molecule is CC[C@H](CO)Nc1nc(Nc2ccc(S(=O)(=O)NC3CC3)cc2)ncc1C. The predicted octanol–water partition coefficient (Wildman–Crippen LogP) is 2.15. The van der Waals surface area contributed by atoms with Gasteiger partial charge in [-0.15, -0.1) is 0 Å². The summed E-state index contributed by atoms with van der Waals surface area (Å²) in [5, 5.41) is 15.6. The number of aliphatic hydroxyl groups excluding tert-OH is 1. The van der Waals surface area contributed by atoms with Crippen molar-refractivity contribution in [1.29, 1.82) is 0 Å². The average molecular weight is 391 g/mol. The van der Waals surface area contributed by atoms with Gasteiger partial charge in [-0.25, -0.2) is 18.1 Å². The average Bonchev–Trinajstić information content (AvgIpc) is 3.46. The van der Waals surface area contributed by atoms with Crippen LogP contribution in [0.5, 0.6) is 0 Å². The number of aliphatic hydroxyl groups is 1. The van der Waals surface area contributed by atoms with E-state index in [2.05, 4.69) is 25.3 Å². The lowest BCUT2D eigenvalue weighted by atomic mass is 10.2. The number of nitrogens with zero attached hydrogens (tertiary/aromatic N) is 2. The maximum atomic E-state index is 12.2. The Labute approximate surface area is 159 Å². The Bertz CT molecular complexity index is 878. The number of hydrogen-bond donors (Lipinski definition) is 4. The fourth-order valence-electron chi connectivity index (χ4n) is 2.45. The van der Waals surface area contributed by atoms with Crippen molar-refractivity contribution >= 4 is 27.5 Å². The van der Waals surface area contributed by atoms with Gasteiger partial charge in [0.1, 0.15) is 5.82 Å². The first kappa shape index (κ1) is 19.5. The quantitative estimate of drug-likeness (QED) is 0.517. The molecule has 0 bridgehead atoms. The van der Waals surface area contributed by atoms with Crippen LogP contribution >= 0.6 is 0 Å². The number of aromatic nitrogens is 2. The summed E-state index contributed by atoms with van der Waals surface area (Å²) >= 11 is 0. The first-order chi connectivity index (χ1) is 12.9. The lowest BCUT2D eigenvalue weighted by molar-refractivity contribution is 0.271. The molecular weight excluding hydrogens is 366 g/mol. The summed E-state index contributed by atoms with van der Waals surface area (Å²) in [7, 11) is -3.46. The van der Waals surface area contributed by atoms with Crippen molar-refractivity contribution in [2.45, 2.75) is 50.1 Å². The number of benzene rings is 1. The van der Waals surface area contributed by atoms with Crippen molar-refractivity contribution in [3.05, 3.63) is 36.0 Å². The molecule has 146 valence electrons. The zero-order valence-electron chi connectivity index (χ0n) is 15.4. The second-order valence-corrected chi connectivity index (χ2v) is 8.42. The molecule has 4 N–H and O–H groups in total. The van der Waals surface area contributed by atoms with Gasteiger partial charge < -0.3 is 15.7 Å². The van der Waals surface area contributed by atoms with Gasteiger partial charge in [-0.1, -0.05) is 6.92 Å². The predicted molar refractivity (Wildman–Crippen MR) is 105 cm³/mol. The van der Waals surface area contributed by atoms with Crippen molar-refractivity contribution in [3.63, 3.8) is 0 Å². The third kappa shape index (κ3) is 5.15. The van der Waals surface area contributed by atoms with Crippen molar-refractivity contribution in [3.8, 4) is 0 Å². The van der Waals surface area contributed by atoms with Gasteiger partial charge in [0.2, 0.25) is 16.0 Å². The molecule has 0 aliphatic heterocycles. The largest absolute Gasteiger partial charge is 0.394 e. The Morgan fingerprint density at radius 3 is 2.56 bits per heavy atom. The molecular formula is C18H25N5O3S. The summed E-state index contributed by atoms with van der Waals surface area (Å²) in [6.45, 7) is 3.90. The van der Waals surface area contributed by atoms with Crippen LogP contribution in [0.25, 0.3) is 0 Å². The summed E-state index contributed by atoms with van der Waals surface area (Å²) in [6.07, 6.45) is 4.26. The molecule has 1 aromatic carbocycles. The summed E-state index contributed by atoms with van der Waals surface area (Å²) in [5.74, 6) is 1.05. The summed E-state index contributed by atoms with van der Waals surface area (Å²) in [6, 6.07) is 6.47. The van der Waals surface area contributed by atoms with Crippen molar-refractivity contribution in [1.82, 2.24) is 14.7 Å². The smallest absolute Gasteiger partial charge is 0.240 e. The van der Waals surface area contributed by atoms with Gasteiger partial charge in [0.25, 0.3) is 0 Å². The van der Waals surface area contributed by atoms with Crippen LogP contribution in [0.3, 0.4) is 0 Å². The second-order valence-electron chi connectivity index (χ2n) is 6.70. The molecule has 9 heteroatoms. The van der Waals surface area contributed by atoms with Crippen LogP contribution in [0.15, 0.2) is 35.4 Å². The molecule has 1 fully saturated rings. The number of rotatable bonds is 9. The Hall–Kier alpha value is -2.23. The molecule has 1 aromatic heterocycles. The number of hydrogen-bond acceptors (Lipinski definition) is 7. The van der Waals surface area contributed by atoms with Gasteiger partial charge in [-0.2, -0.15) is 4.98 Å². The van der Waals surface area contributed by atoms with E-state index in [9.17, 15) is 13.5 Å². The monoisotopic (exact) mass is 391 g/mol. The molecule has 0 unspecified atom stereocenters. The zero-order chi connectivity index (χ0) is 19.4. The van der Waals surface area contributed by atoms with Crippen LogP contribution in [0.1, 0.15) is 31.7 Å². The van der Waals surface area contributed by atoms with Crippen LogP contribution < -0.4 is 15.4 Å². The first-order valence-electron chi connectivity index (χ1n) is 9.01. The third-order valence-corrected chi connectivity index (χ3v) is 5.88. The number of aryl methyl sites for hydroxylation is 1. The molecule has 1 saturated carbocycles. The highest BCUT2D eigenvalue weighted by Crippen LogP contribution is 2.23. The molecule has 1 atom stereocenters. The molecule has 2 aromatic rings. The molecule has 0 amide bonds. The van der Waals surface area contributed by atoms with Crippen LogP contribution in [-0.4, -0.2) is 42.2 Å². The molecule has 8 nitrogen and oxygen atoms in total. The Balaban J connectivity index is 1.71. The first-order valence-corrected chi connectivity index (χ1v) is 10.5. The highest BCUT2D eigenvalue weighted by Gasteiger charge is 2.27. The fraction of sp³-hybridized carbons (Fsp3) is 0.444. The lowest BCUT2D eigenvalue weighted by Gasteiger charge is -2.17. The Morgan fingerprint density at radius 1 is 1.26 bits per heavy atom. The van der Waals surface area contributed by atoms with Crippen molar-refractivity contribution in [2.75, 3.05) is 17.2 Å². The van der Waals surface area contributed by atoms with Crippen LogP contribution in [0, 0.1) is 6.92 Å². The maximum absolute atomic E-state index is 12.2. The van der Waals surface area contributed by atoms with E-state index in [0.717, 1.165) is 24.8 Å². The topological polar surface area (TPSA) is 116 Å². The number of anilines is 3. The molecule has 1 aliphatic carbocycles. The summed E-state index contributed by atoms with van der Waals surface area (Å²) in [5.41, 5.74) is 1.56. The summed E-state index contributed by atoms with van der Waals surface area (Å²) < 4.78 is 27.1. The van der Waals surface area contributed by atoms with E-state index in [1.165, 1.54) is 0 Å². The maximum Gasteiger partial charge on any atom is 0.240 e. The van der Waals surface area contributed by atoms with E-state index in [0.29, 0.717) is 17.5 Å². The van der Waals surface area contributed by atoms with Crippen LogP contribution in [0.4, 0.5) is 17.5 Å². The Morgan fingerprint density at radius 2 is 1.96 bits per heavy atom. The van der Waals surface area contributed by atoms with Gasteiger partial charge in [0, 0.05) is 23.5 Å². The summed E-state index contributed by atoms with van der Waals surface area (Å²) in [4.78, 5) is 8.94. The second kappa shape index (κ2) is 8.20. The van der Waals surface area contributed by atoms with E-state index in [1.54, 1.807) is 30.5 Å². The van der Waals surface area contributed by atoms with Gasteiger partial charge in [-0.05, 0) is 50.5 Å². The van der Waals surface area contributed by atoms with Gasteiger partial charge in [-0.3, -0.25) is 0 Å². The Kier molecular flexibility index (Phi) is 5.93. The minimum absolute atomic E-state index is 0.0214. The van der Waals surface area contributed by atoms with Gasteiger partial charge >= 0.3 is 0 Å². The molecule has 1 heterocycles. The molecule has 0 spiro atoms. The van der Waals surface area contributed by atoms with Crippen LogP contribution in [-0.2, 0) is 10.0 Å². The zero-order valence-corrected chi connectivity index (χ0v) is 16.3. The van der Waals surface area contributed by atoms with Gasteiger partial charge in [0.15, 0.2) is 0 Å². The van der Waals surface area contributed by atoms with E-state index >= 15 is 0 Å². The van der Waals surface area contributed by atoms with Crippen LogP contribution in [0.2, 0.25) is 0 Å². The van der Waals surface area contributed by atoms with Crippen molar-refractivity contribution in [2.24, 2.45) is 0 Å². The highest BCUT2D eigenvalue weighted by atomic mass is 32.2. The third-order valence-electron chi connectivity index (χ3n) is 4.35. The normalized spacial score (nSPS) is 15.4. The van der Waals surface area contributed by atoms with Gasteiger partial charge in [0.05, 0.1) is 17.5 Å². The lowest BCUT2D eigenvalue weighted by Crippen LogP contribution is -2.25. The fourth-order valence-corrected chi connectivity index (χ4v) is 3.76. The van der Waals surface area contributed by atoms with E-state index in [-0.39, 0.29) is 23.6 Å². The minimum atomic E-state index is -3.46. The minimum Gasteiger partial charge on any atom is -0.394 e. The number of sulfonamides is 1. The standard InChI is InChI=1S/C18H25N5O3S/c1-3-13(11-24)20-17-12(2)10-19-18(22-17)21-14-6-8-16(9-7-14)27(25,26)23-15-4-5-15/h6-10,13,15,23-24H,3-5,11H2,1-2H3,(H2,19,20,21,22)/t13-/m1/s1. The van der Waals surface area contributed by atoms with E-state index in [1.807, 2.05) is 13.8 Å². The molecule has 0 radical (unpaired) electrons. The van der Waals surface area contributed by atoms with Crippen molar-refractivity contribution < 1.29 is 13.5 Å². The molecule has 3 rings (SSSR count).